The standard InChI is InChI=1S/C12H20Si2/c1-13(2,3)11-9-7-8-10-12-14(4,5)6/h7-8H,1-6H3/b8-7-/i7+1. The SMILES string of the molecule is C[Si](C)(C)C#C/C=[13CH]\C#C[Si](C)(C)C. The Morgan fingerprint density at radius 3 is 1.14 bits per heavy atom. The number of rotatable bonds is 0. The first-order valence-corrected chi connectivity index (χ1v) is 11.9. The summed E-state index contributed by atoms with van der Waals surface area (Å²) in [5.74, 6) is 6.11. The van der Waals surface area contributed by atoms with Crippen LogP contribution in [0.2, 0.25) is 39.3 Å². The van der Waals surface area contributed by atoms with Crippen molar-refractivity contribution in [1.29, 1.82) is 0 Å². The first kappa shape index (κ1) is 13.3. The van der Waals surface area contributed by atoms with Gasteiger partial charge >= 0.3 is 0 Å². The van der Waals surface area contributed by atoms with Gasteiger partial charge in [-0.3, -0.25) is 0 Å². The molecule has 0 saturated carbocycles. The average molecular weight is 221 g/mol. The number of hydrogen-bond donors (Lipinski definition) is 0. The van der Waals surface area contributed by atoms with E-state index in [0.29, 0.717) is 0 Å². The van der Waals surface area contributed by atoms with E-state index in [0.717, 1.165) is 0 Å². The van der Waals surface area contributed by atoms with Crippen molar-refractivity contribution in [3.63, 3.8) is 0 Å². The molecule has 0 heterocycles. The van der Waals surface area contributed by atoms with Crippen molar-refractivity contribution in [2.75, 3.05) is 0 Å². The Balaban J connectivity index is 4.20. The highest BCUT2D eigenvalue weighted by molar-refractivity contribution is 6.84. The third kappa shape index (κ3) is 11.3. The summed E-state index contributed by atoms with van der Waals surface area (Å²) in [6.45, 7) is 13.4. The summed E-state index contributed by atoms with van der Waals surface area (Å²) in [5.41, 5.74) is 6.53. The van der Waals surface area contributed by atoms with Gasteiger partial charge in [0.2, 0.25) is 0 Å². The highest BCUT2D eigenvalue weighted by Crippen LogP contribution is 1.96. The van der Waals surface area contributed by atoms with E-state index in [-0.39, 0.29) is 0 Å². The minimum atomic E-state index is -1.21. The molecule has 0 bridgehead atoms. The molecule has 0 aromatic heterocycles. The molecule has 76 valence electrons. The molecule has 0 atom stereocenters. The minimum absolute atomic E-state index is 1.21. The molecule has 0 aliphatic heterocycles. The molecule has 0 radical (unpaired) electrons. The predicted octanol–water partition coefficient (Wildman–Crippen LogP) is 3.30. The van der Waals surface area contributed by atoms with Crippen LogP contribution in [0.15, 0.2) is 12.2 Å². The van der Waals surface area contributed by atoms with Crippen LogP contribution in [0.4, 0.5) is 0 Å². The summed E-state index contributed by atoms with van der Waals surface area (Å²) in [7, 11) is -2.41. The second-order valence-corrected chi connectivity index (χ2v) is 14.9. The molecule has 0 amide bonds. The zero-order valence-electron chi connectivity index (χ0n) is 10.2. The maximum absolute atomic E-state index is 3.27. The van der Waals surface area contributed by atoms with Crippen molar-refractivity contribution in [2.24, 2.45) is 0 Å². The first-order chi connectivity index (χ1) is 6.21. The molecule has 0 fully saturated rings. The zero-order valence-corrected chi connectivity index (χ0v) is 12.2. The zero-order chi connectivity index (χ0) is 11.2. The summed E-state index contributed by atoms with van der Waals surface area (Å²) in [6.07, 6.45) is 3.73. The van der Waals surface area contributed by atoms with Crippen molar-refractivity contribution >= 4 is 16.1 Å². The lowest BCUT2D eigenvalue weighted by Crippen LogP contribution is -2.16. The van der Waals surface area contributed by atoms with Gasteiger partial charge in [0.25, 0.3) is 0 Å². The van der Waals surface area contributed by atoms with Crippen LogP contribution >= 0.6 is 0 Å². The van der Waals surface area contributed by atoms with Crippen LogP contribution in [0.25, 0.3) is 0 Å². The lowest BCUT2D eigenvalue weighted by atomic mass is 10.7. The predicted molar refractivity (Wildman–Crippen MR) is 71.4 cm³/mol. The summed E-state index contributed by atoms with van der Waals surface area (Å²) < 4.78 is 0. The summed E-state index contributed by atoms with van der Waals surface area (Å²) in [5, 5.41) is 0. The molecule has 0 unspecified atom stereocenters. The van der Waals surface area contributed by atoms with Gasteiger partial charge in [-0.2, -0.15) is 0 Å². The van der Waals surface area contributed by atoms with Gasteiger partial charge in [0.05, 0.1) is 0 Å². The van der Waals surface area contributed by atoms with Crippen molar-refractivity contribution in [3.8, 4) is 22.9 Å². The van der Waals surface area contributed by atoms with E-state index in [1.807, 2.05) is 12.2 Å². The van der Waals surface area contributed by atoms with Crippen LogP contribution in [0, 0.1) is 22.9 Å². The van der Waals surface area contributed by atoms with Crippen LogP contribution < -0.4 is 0 Å². The molecule has 0 spiro atoms. The fourth-order valence-corrected chi connectivity index (χ4v) is 1.63. The van der Waals surface area contributed by atoms with E-state index in [1.54, 1.807) is 0 Å². The van der Waals surface area contributed by atoms with Gasteiger partial charge in [0, 0.05) is 0 Å². The molecule has 0 N–H and O–H groups in total. The lowest BCUT2D eigenvalue weighted by Gasteiger charge is -2.02. The summed E-state index contributed by atoms with van der Waals surface area (Å²) in [6, 6.07) is 0. The topological polar surface area (TPSA) is 0 Å². The Kier molecular flexibility index (Phi) is 4.98. The van der Waals surface area contributed by atoms with Crippen molar-refractivity contribution < 1.29 is 0 Å². The first-order valence-electron chi connectivity index (χ1n) is 4.91. The Hall–Kier alpha value is -0.706. The van der Waals surface area contributed by atoms with Crippen molar-refractivity contribution in [1.82, 2.24) is 0 Å². The third-order valence-electron chi connectivity index (χ3n) is 1.14. The summed E-state index contributed by atoms with van der Waals surface area (Å²) >= 11 is 0. The van der Waals surface area contributed by atoms with Crippen LogP contribution in [0.1, 0.15) is 0 Å². The Morgan fingerprint density at radius 2 is 0.929 bits per heavy atom. The van der Waals surface area contributed by atoms with Gasteiger partial charge in [0.1, 0.15) is 16.1 Å². The summed E-state index contributed by atoms with van der Waals surface area (Å²) in [4.78, 5) is 0. The van der Waals surface area contributed by atoms with E-state index < -0.39 is 16.1 Å². The molecule has 0 nitrogen and oxygen atoms in total. The Bertz CT molecular complexity index is 282. The van der Waals surface area contributed by atoms with Gasteiger partial charge in [-0.1, -0.05) is 51.1 Å². The lowest BCUT2D eigenvalue weighted by molar-refractivity contribution is 1.81. The Labute approximate surface area is 90.8 Å². The molecular weight excluding hydrogens is 201 g/mol. The van der Waals surface area contributed by atoms with E-state index in [9.17, 15) is 0 Å². The van der Waals surface area contributed by atoms with Crippen LogP contribution in [-0.4, -0.2) is 16.1 Å². The van der Waals surface area contributed by atoms with Gasteiger partial charge < -0.3 is 0 Å². The van der Waals surface area contributed by atoms with Gasteiger partial charge in [0.15, 0.2) is 0 Å². The van der Waals surface area contributed by atoms with Crippen LogP contribution in [0.5, 0.6) is 0 Å². The highest BCUT2D eigenvalue weighted by Gasteiger charge is 2.07. The monoisotopic (exact) mass is 221 g/mol. The van der Waals surface area contributed by atoms with E-state index in [2.05, 4.69) is 62.2 Å². The second kappa shape index (κ2) is 5.24. The maximum Gasteiger partial charge on any atom is 0.129 e. The maximum atomic E-state index is 3.27. The Morgan fingerprint density at radius 1 is 0.643 bits per heavy atom. The van der Waals surface area contributed by atoms with Crippen LogP contribution in [0.3, 0.4) is 0 Å². The fourth-order valence-electron chi connectivity index (χ4n) is 0.600. The molecule has 0 aliphatic rings. The molecule has 0 aromatic carbocycles. The normalized spacial score (nSPS) is 11.6. The van der Waals surface area contributed by atoms with Crippen LogP contribution in [-0.2, 0) is 0 Å². The largest absolute Gasteiger partial charge is 0.129 e. The quantitative estimate of drug-likeness (QED) is 0.334. The minimum Gasteiger partial charge on any atom is -0.127 e. The number of hydrogen-bond acceptors (Lipinski definition) is 0. The molecule has 14 heavy (non-hydrogen) atoms. The molecule has 0 rings (SSSR count). The van der Waals surface area contributed by atoms with Crippen molar-refractivity contribution in [2.45, 2.75) is 39.3 Å². The van der Waals surface area contributed by atoms with E-state index >= 15 is 0 Å². The second-order valence-electron chi connectivity index (χ2n) is 5.37. The van der Waals surface area contributed by atoms with E-state index in [4.69, 9.17) is 0 Å². The van der Waals surface area contributed by atoms with Gasteiger partial charge in [-0.25, -0.2) is 0 Å². The van der Waals surface area contributed by atoms with Gasteiger partial charge in [-0.05, 0) is 12.2 Å². The van der Waals surface area contributed by atoms with Gasteiger partial charge in [-0.15, -0.1) is 11.1 Å². The molecule has 2 heteroatoms. The molecule has 0 aliphatic carbocycles. The van der Waals surface area contributed by atoms with Crippen molar-refractivity contribution in [3.05, 3.63) is 12.2 Å². The average Bonchev–Trinajstić information content (AvgIpc) is 1.92. The molecular formula is C12H20Si2. The number of allylic oxidation sites excluding steroid dienone is 2. The smallest absolute Gasteiger partial charge is 0.127 e. The fraction of sp³-hybridized carbons (Fsp3) is 0.500. The third-order valence-corrected chi connectivity index (χ3v) is 2.93. The van der Waals surface area contributed by atoms with E-state index in [1.165, 1.54) is 0 Å². The molecule has 0 saturated heterocycles. The highest BCUT2D eigenvalue weighted by atomic mass is 28.3. The molecule has 0 aromatic rings.